The number of aromatic amines is 1. The summed E-state index contributed by atoms with van der Waals surface area (Å²) in [5, 5.41) is 15.3. The quantitative estimate of drug-likeness (QED) is 0.367. The predicted octanol–water partition coefficient (Wildman–Crippen LogP) is 3.64. The molecule has 3 aromatic rings. The molecule has 0 aliphatic carbocycles. The summed E-state index contributed by atoms with van der Waals surface area (Å²) in [6.07, 6.45) is 3.92. The van der Waals surface area contributed by atoms with Gasteiger partial charge in [-0.3, -0.25) is 4.79 Å². The number of fused-ring (bicyclic) bond motifs is 1. The summed E-state index contributed by atoms with van der Waals surface area (Å²) in [5.41, 5.74) is 2.27. The maximum absolute atomic E-state index is 11.3. The number of methoxy groups -OCH3 is 1. The zero-order valence-electron chi connectivity index (χ0n) is 17.6. The Morgan fingerprint density at radius 1 is 1.23 bits per heavy atom. The van der Waals surface area contributed by atoms with E-state index < -0.39 is 12.1 Å². The average Bonchev–Trinajstić information content (AvgIpc) is 3.26. The first-order chi connectivity index (χ1) is 15.0. The van der Waals surface area contributed by atoms with Gasteiger partial charge < -0.3 is 25.5 Å². The first-order valence-corrected chi connectivity index (χ1v) is 10.2. The molecule has 1 atom stereocenters. The van der Waals surface area contributed by atoms with E-state index in [4.69, 9.17) is 4.74 Å². The molecule has 9 nitrogen and oxygen atoms in total. The maximum Gasteiger partial charge on any atom is 0.405 e. The fourth-order valence-electron chi connectivity index (χ4n) is 3.46. The van der Waals surface area contributed by atoms with Gasteiger partial charge in [-0.1, -0.05) is 31.0 Å². The van der Waals surface area contributed by atoms with Gasteiger partial charge in [-0.05, 0) is 25.0 Å². The second kappa shape index (κ2) is 10.4. The zero-order chi connectivity index (χ0) is 22.2. The first-order valence-electron chi connectivity index (χ1n) is 10.2. The molecule has 0 radical (unpaired) electrons. The maximum atomic E-state index is 11.3. The normalized spacial score (nSPS) is 11.8. The molecule has 0 bridgehead atoms. The Hall–Kier alpha value is -3.62. The molecule has 2 aromatic heterocycles. The predicted molar refractivity (Wildman–Crippen MR) is 117 cm³/mol. The van der Waals surface area contributed by atoms with E-state index in [0.717, 1.165) is 35.7 Å². The van der Waals surface area contributed by atoms with Crippen LogP contribution < -0.4 is 15.4 Å². The van der Waals surface area contributed by atoms with Crippen LogP contribution >= 0.6 is 0 Å². The van der Waals surface area contributed by atoms with Crippen molar-refractivity contribution >= 4 is 22.9 Å². The lowest BCUT2D eigenvalue weighted by Gasteiger charge is -2.14. The largest absolute Gasteiger partial charge is 0.480 e. The summed E-state index contributed by atoms with van der Waals surface area (Å²) in [7, 11) is 3.18. The molecule has 2 heterocycles. The van der Waals surface area contributed by atoms with Crippen LogP contribution in [0.25, 0.3) is 22.2 Å². The summed E-state index contributed by atoms with van der Waals surface area (Å²) in [6.45, 7) is 0. The molecule has 0 aliphatic rings. The fourth-order valence-corrected chi connectivity index (χ4v) is 3.46. The molecule has 164 valence electrons. The number of ether oxygens (including phenoxy) is 1. The second-order valence-corrected chi connectivity index (χ2v) is 7.19. The molecular formula is C22H27N5O4. The van der Waals surface area contributed by atoms with Gasteiger partial charge in [-0.2, -0.15) is 0 Å². The number of H-pyrrole nitrogens is 1. The molecule has 2 amide bonds. The Kier molecular flexibility index (Phi) is 7.42. The van der Waals surface area contributed by atoms with Crippen LogP contribution in [-0.2, 0) is 4.79 Å². The Bertz CT molecular complexity index is 1050. The second-order valence-electron chi connectivity index (χ2n) is 7.19. The molecule has 1 aromatic carbocycles. The van der Waals surface area contributed by atoms with Crippen molar-refractivity contribution in [1.82, 2.24) is 25.6 Å². The van der Waals surface area contributed by atoms with Gasteiger partial charge in [0.25, 0.3) is 0 Å². The van der Waals surface area contributed by atoms with E-state index >= 15 is 0 Å². The van der Waals surface area contributed by atoms with Crippen molar-refractivity contribution in [1.29, 1.82) is 0 Å². The SMILES string of the molecule is CNC(=O)CCCCCC(NC(=O)O)c1ncc(-c2cc3ccccc3nc2OC)[nH]1. The Labute approximate surface area is 180 Å². The molecule has 0 saturated carbocycles. The number of carbonyl (C=O) groups excluding carboxylic acids is 1. The monoisotopic (exact) mass is 425 g/mol. The number of amides is 2. The van der Waals surface area contributed by atoms with Crippen LogP contribution in [0.2, 0.25) is 0 Å². The van der Waals surface area contributed by atoms with E-state index in [9.17, 15) is 14.7 Å². The topological polar surface area (TPSA) is 129 Å². The molecule has 0 spiro atoms. The van der Waals surface area contributed by atoms with Crippen LogP contribution in [0, 0.1) is 0 Å². The van der Waals surface area contributed by atoms with Crippen LogP contribution in [0.15, 0.2) is 36.5 Å². The third-order valence-electron chi connectivity index (χ3n) is 5.07. The van der Waals surface area contributed by atoms with Gasteiger partial charge >= 0.3 is 6.09 Å². The third kappa shape index (κ3) is 5.71. The first kappa shape index (κ1) is 22.1. The van der Waals surface area contributed by atoms with Crippen molar-refractivity contribution in [2.75, 3.05) is 14.2 Å². The lowest BCUT2D eigenvalue weighted by molar-refractivity contribution is -0.120. The minimum atomic E-state index is -1.11. The number of nitrogens with zero attached hydrogens (tertiary/aromatic N) is 2. The zero-order valence-corrected chi connectivity index (χ0v) is 17.6. The van der Waals surface area contributed by atoms with E-state index in [1.54, 1.807) is 20.4 Å². The number of para-hydroxylation sites is 1. The number of unbranched alkanes of at least 4 members (excludes halogenated alkanes) is 2. The highest BCUT2D eigenvalue weighted by molar-refractivity contribution is 5.85. The van der Waals surface area contributed by atoms with Crippen LogP contribution in [0.3, 0.4) is 0 Å². The molecule has 0 saturated heterocycles. The molecule has 4 N–H and O–H groups in total. The van der Waals surface area contributed by atoms with Gasteiger partial charge in [0.15, 0.2) is 0 Å². The van der Waals surface area contributed by atoms with Crippen molar-refractivity contribution < 1.29 is 19.4 Å². The van der Waals surface area contributed by atoms with E-state index in [0.29, 0.717) is 30.2 Å². The number of aromatic nitrogens is 3. The molecule has 31 heavy (non-hydrogen) atoms. The number of nitrogens with one attached hydrogen (secondary N) is 3. The average molecular weight is 425 g/mol. The Balaban J connectivity index is 1.76. The van der Waals surface area contributed by atoms with Gasteiger partial charge in [-0.15, -0.1) is 0 Å². The Morgan fingerprint density at radius 2 is 2.03 bits per heavy atom. The number of hydrogen-bond donors (Lipinski definition) is 4. The lowest BCUT2D eigenvalue weighted by atomic mass is 10.1. The lowest BCUT2D eigenvalue weighted by Crippen LogP contribution is -2.27. The molecule has 0 aliphatic heterocycles. The number of benzene rings is 1. The highest BCUT2D eigenvalue weighted by Crippen LogP contribution is 2.31. The minimum absolute atomic E-state index is 0.00818. The summed E-state index contributed by atoms with van der Waals surface area (Å²) in [5.74, 6) is 0.999. The molecule has 0 fully saturated rings. The minimum Gasteiger partial charge on any atom is -0.480 e. The van der Waals surface area contributed by atoms with Crippen LogP contribution in [-0.4, -0.2) is 46.2 Å². The number of pyridine rings is 1. The van der Waals surface area contributed by atoms with Gasteiger partial charge in [0.05, 0.1) is 36.1 Å². The number of imidazole rings is 1. The van der Waals surface area contributed by atoms with Gasteiger partial charge in [0.2, 0.25) is 11.8 Å². The summed E-state index contributed by atoms with van der Waals surface area (Å²) >= 11 is 0. The number of rotatable bonds is 10. The smallest absolute Gasteiger partial charge is 0.405 e. The molecular weight excluding hydrogens is 398 g/mol. The highest BCUT2D eigenvalue weighted by Gasteiger charge is 2.19. The van der Waals surface area contributed by atoms with Crippen molar-refractivity contribution in [2.45, 2.75) is 38.1 Å². The Morgan fingerprint density at radius 3 is 2.77 bits per heavy atom. The van der Waals surface area contributed by atoms with Gasteiger partial charge in [-0.25, -0.2) is 14.8 Å². The van der Waals surface area contributed by atoms with Crippen LogP contribution in [0.4, 0.5) is 4.79 Å². The van der Waals surface area contributed by atoms with Crippen molar-refractivity contribution in [3.8, 4) is 17.1 Å². The molecule has 1 unspecified atom stereocenters. The van der Waals surface area contributed by atoms with Crippen LogP contribution in [0.5, 0.6) is 5.88 Å². The standard InChI is InChI=1S/C22H27N5O4/c1-23-19(28)11-5-3-4-10-17(27-22(29)30)20-24-13-18(25-20)15-12-14-8-6-7-9-16(14)26-21(15)31-2/h6-9,12-13,17,27H,3-5,10-11H2,1-2H3,(H,23,28)(H,24,25)(H,29,30). The van der Waals surface area contributed by atoms with E-state index in [2.05, 4.69) is 25.6 Å². The van der Waals surface area contributed by atoms with Gasteiger partial charge in [0.1, 0.15) is 5.82 Å². The summed E-state index contributed by atoms with van der Waals surface area (Å²) < 4.78 is 5.46. The third-order valence-corrected chi connectivity index (χ3v) is 5.07. The summed E-state index contributed by atoms with van der Waals surface area (Å²) in [4.78, 5) is 34.8. The van der Waals surface area contributed by atoms with E-state index in [1.807, 2.05) is 30.3 Å². The fraction of sp³-hybridized carbons (Fsp3) is 0.364. The molecule has 3 rings (SSSR count). The number of hydrogen-bond acceptors (Lipinski definition) is 5. The summed E-state index contributed by atoms with van der Waals surface area (Å²) in [6, 6.07) is 9.23. The van der Waals surface area contributed by atoms with Crippen molar-refractivity contribution in [2.24, 2.45) is 0 Å². The van der Waals surface area contributed by atoms with Crippen LogP contribution in [0.1, 0.15) is 44.0 Å². The van der Waals surface area contributed by atoms with Gasteiger partial charge in [0, 0.05) is 18.9 Å². The highest BCUT2D eigenvalue weighted by atomic mass is 16.5. The van der Waals surface area contributed by atoms with Crippen molar-refractivity contribution in [3.63, 3.8) is 0 Å². The van der Waals surface area contributed by atoms with Crippen molar-refractivity contribution in [3.05, 3.63) is 42.4 Å². The van der Waals surface area contributed by atoms with E-state index in [1.165, 1.54) is 0 Å². The van der Waals surface area contributed by atoms with E-state index in [-0.39, 0.29) is 5.91 Å². The molecule has 9 heteroatoms. The number of carbonyl (C=O) groups is 2. The number of carboxylic acid groups (broad SMARTS) is 1.